The second-order valence-electron chi connectivity index (χ2n) is 3.93. The SMILES string of the molecule is CN(C)c1cccc(S(=O)(=O)NCCC(=O)O)c1. The van der Waals surface area contributed by atoms with Crippen molar-refractivity contribution in [1.29, 1.82) is 0 Å². The molecule has 0 aliphatic heterocycles. The maximum atomic E-state index is 11.9. The summed E-state index contributed by atoms with van der Waals surface area (Å²) in [6.07, 6.45) is -0.243. The fraction of sp³-hybridized carbons (Fsp3) is 0.364. The highest BCUT2D eigenvalue weighted by Gasteiger charge is 2.14. The van der Waals surface area contributed by atoms with Crippen LogP contribution in [0.25, 0.3) is 0 Å². The predicted octanol–water partition coefficient (Wildman–Crippen LogP) is 0.506. The van der Waals surface area contributed by atoms with Crippen LogP contribution in [0.5, 0.6) is 0 Å². The number of carbonyl (C=O) groups is 1. The summed E-state index contributed by atoms with van der Waals surface area (Å²) in [6.45, 7) is -0.121. The van der Waals surface area contributed by atoms with E-state index in [9.17, 15) is 13.2 Å². The lowest BCUT2D eigenvalue weighted by Crippen LogP contribution is -2.26. The maximum absolute atomic E-state index is 11.9. The zero-order chi connectivity index (χ0) is 13.8. The number of rotatable bonds is 6. The molecule has 0 unspecified atom stereocenters. The van der Waals surface area contributed by atoms with E-state index in [1.165, 1.54) is 12.1 Å². The molecular weight excluding hydrogens is 256 g/mol. The molecule has 0 aliphatic carbocycles. The normalized spacial score (nSPS) is 11.2. The molecule has 0 heterocycles. The topological polar surface area (TPSA) is 86.7 Å². The summed E-state index contributed by atoms with van der Waals surface area (Å²) in [4.78, 5) is 12.2. The van der Waals surface area contributed by atoms with E-state index in [0.29, 0.717) is 0 Å². The minimum atomic E-state index is -3.65. The lowest BCUT2D eigenvalue weighted by molar-refractivity contribution is -0.136. The number of aliphatic carboxylic acids is 1. The number of sulfonamides is 1. The van der Waals surface area contributed by atoms with Crippen LogP contribution in [0.1, 0.15) is 6.42 Å². The van der Waals surface area contributed by atoms with E-state index < -0.39 is 16.0 Å². The van der Waals surface area contributed by atoms with E-state index in [1.54, 1.807) is 17.0 Å². The molecule has 18 heavy (non-hydrogen) atoms. The van der Waals surface area contributed by atoms with Gasteiger partial charge < -0.3 is 10.0 Å². The summed E-state index contributed by atoms with van der Waals surface area (Å²) >= 11 is 0. The van der Waals surface area contributed by atoms with Crippen LogP contribution in [0.4, 0.5) is 5.69 Å². The van der Waals surface area contributed by atoms with Crippen molar-refractivity contribution in [3.63, 3.8) is 0 Å². The first-order valence-corrected chi connectivity index (χ1v) is 6.80. The number of carboxylic acids is 1. The van der Waals surface area contributed by atoms with Crippen LogP contribution < -0.4 is 9.62 Å². The fourth-order valence-corrected chi connectivity index (χ4v) is 2.38. The number of anilines is 1. The van der Waals surface area contributed by atoms with Crippen LogP contribution in [0.3, 0.4) is 0 Å². The third-order valence-electron chi connectivity index (χ3n) is 2.28. The third-order valence-corrected chi connectivity index (χ3v) is 3.73. The molecule has 1 aromatic carbocycles. The Morgan fingerprint density at radius 1 is 1.39 bits per heavy atom. The van der Waals surface area contributed by atoms with Crippen molar-refractivity contribution >= 4 is 21.7 Å². The number of hydrogen-bond acceptors (Lipinski definition) is 4. The molecule has 6 nitrogen and oxygen atoms in total. The molecule has 0 atom stereocenters. The van der Waals surface area contributed by atoms with Crippen molar-refractivity contribution in [3.05, 3.63) is 24.3 Å². The number of nitrogens with one attached hydrogen (secondary N) is 1. The average Bonchev–Trinajstić information content (AvgIpc) is 2.28. The van der Waals surface area contributed by atoms with Gasteiger partial charge >= 0.3 is 5.97 Å². The molecule has 0 bridgehead atoms. The third kappa shape index (κ3) is 4.01. The zero-order valence-electron chi connectivity index (χ0n) is 10.3. The van der Waals surface area contributed by atoms with Gasteiger partial charge in [-0.25, -0.2) is 13.1 Å². The quantitative estimate of drug-likeness (QED) is 0.787. The van der Waals surface area contributed by atoms with Crippen molar-refractivity contribution < 1.29 is 18.3 Å². The van der Waals surface area contributed by atoms with Crippen molar-refractivity contribution in [2.75, 3.05) is 25.5 Å². The van der Waals surface area contributed by atoms with Crippen LogP contribution >= 0.6 is 0 Å². The largest absolute Gasteiger partial charge is 0.481 e. The molecule has 1 aromatic rings. The van der Waals surface area contributed by atoms with Gasteiger partial charge in [0, 0.05) is 26.3 Å². The van der Waals surface area contributed by atoms with Crippen LogP contribution in [0, 0.1) is 0 Å². The molecule has 0 saturated heterocycles. The van der Waals surface area contributed by atoms with Gasteiger partial charge in [0.1, 0.15) is 0 Å². The van der Waals surface area contributed by atoms with Gasteiger partial charge in [0.15, 0.2) is 0 Å². The summed E-state index contributed by atoms with van der Waals surface area (Å²) < 4.78 is 26.0. The first kappa shape index (κ1) is 14.5. The Labute approximate surface area is 106 Å². The first-order valence-electron chi connectivity index (χ1n) is 5.32. The van der Waals surface area contributed by atoms with Gasteiger partial charge in [-0.2, -0.15) is 0 Å². The molecule has 0 amide bonds. The van der Waals surface area contributed by atoms with Gasteiger partial charge in [0.2, 0.25) is 10.0 Å². The number of benzene rings is 1. The van der Waals surface area contributed by atoms with Crippen molar-refractivity contribution in [1.82, 2.24) is 4.72 Å². The number of carboxylic acid groups (broad SMARTS) is 1. The molecule has 0 spiro atoms. The lowest BCUT2D eigenvalue weighted by atomic mass is 10.3. The van der Waals surface area contributed by atoms with Crippen LogP contribution in [-0.2, 0) is 14.8 Å². The van der Waals surface area contributed by atoms with E-state index in [1.807, 2.05) is 14.1 Å². The Kier molecular flexibility index (Phi) is 4.69. The Morgan fingerprint density at radius 3 is 2.61 bits per heavy atom. The van der Waals surface area contributed by atoms with Crippen molar-refractivity contribution in [3.8, 4) is 0 Å². The van der Waals surface area contributed by atoms with E-state index in [-0.39, 0.29) is 17.9 Å². The summed E-state index contributed by atoms with van der Waals surface area (Å²) in [7, 11) is -0.0337. The van der Waals surface area contributed by atoms with Gasteiger partial charge in [0.05, 0.1) is 11.3 Å². The molecule has 0 radical (unpaired) electrons. The minimum absolute atomic E-state index is 0.121. The van der Waals surface area contributed by atoms with E-state index >= 15 is 0 Å². The Balaban J connectivity index is 2.84. The molecule has 0 aromatic heterocycles. The Hall–Kier alpha value is -1.60. The van der Waals surface area contributed by atoms with Crippen molar-refractivity contribution in [2.45, 2.75) is 11.3 Å². The molecular formula is C11H16N2O4S. The van der Waals surface area contributed by atoms with Gasteiger partial charge in [-0.3, -0.25) is 4.79 Å². The number of hydrogen-bond donors (Lipinski definition) is 2. The summed E-state index contributed by atoms with van der Waals surface area (Å²) in [5, 5.41) is 8.46. The molecule has 0 fully saturated rings. The minimum Gasteiger partial charge on any atom is -0.481 e. The molecule has 1 rings (SSSR count). The monoisotopic (exact) mass is 272 g/mol. The standard InChI is InChI=1S/C11H16N2O4S/c1-13(2)9-4-3-5-10(8-9)18(16,17)12-7-6-11(14)15/h3-5,8,12H,6-7H2,1-2H3,(H,14,15). The van der Waals surface area contributed by atoms with Crippen LogP contribution in [-0.4, -0.2) is 40.1 Å². The Bertz CT molecular complexity index is 526. The number of nitrogens with zero attached hydrogens (tertiary/aromatic N) is 1. The Morgan fingerprint density at radius 2 is 2.06 bits per heavy atom. The average molecular weight is 272 g/mol. The highest BCUT2D eigenvalue weighted by molar-refractivity contribution is 7.89. The van der Waals surface area contributed by atoms with Crippen LogP contribution in [0.15, 0.2) is 29.2 Å². The van der Waals surface area contributed by atoms with Crippen LogP contribution in [0.2, 0.25) is 0 Å². The summed E-state index contributed by atoms with van der Waals surface area (Å²) in [5.41, 5.74) is 0.760. The molecule has 0 saturated carbocycles. The lowest BCUT2D eigenvalue weighted by Gasteiger charge is -2.13. The predicted molar refractivity (Wildman–Crippen MR) is 68.2 cm³/mol. The van der Waals surface area contributed by atoms with Crippen molar-refractivity contribution in [2.24, 2.45) is 0 Å². The highest BCUT2D eigenvalue weighted by atomic mass is 32.2. The van der Waals surface area contributed by atoms with E-state index in [2.05, 4.69) is 4.72 Å². The molecule has 0 aliphatic rings. The highest BCUT2D eigenvalue weighted by Crippen LogP contribution is 2.17. The summed E-state index contributed by atoms with van der Waals surface area (Å²) in [6, 6.07) is 6.43. The summed E-state index contributed by atoms with van der Waals surface area (Å²) in [5.74, 6) is -1.04. The van der Waals surface area contributed by atoms with Gasteiger partial charge in [-0.15, -0.1) is 0 Å². The molecule has 7 heteroatoms. The maximum Gasteiger partial charge on any atom is 0.304 e. The molecule has 2 N–H and O–H groups in total. The van der Waals surface area contributed by atoms with Gasteiger partial charge in [-0.1, -0.05) is 6.07 Å². The van der Waals surface area contributed by atoms with Gasteiger partial charge in [-0.05, 0) is 18.2 Å². The first-order chi connectivity index (χ1) is 8.33. The smallest absolute Gasteiger partial charge is 0.304 e. The van der Waals surface area contributed by atoms with E-state index in [0.717, 1.165) is 5.69 Å². The molecule has 100 valence electrons. The van der Waals surface area contributed by atoms with Gasteiger partial charge in [0.25, 0.3) is 0 Å². The second-order valence-corrected chi connectivity index (χ2v) is 5.70. The van der Waals surface area contributed by atoms with E-state index in [4.69, 9.17) is 5.11 Å². The zero-order valence-corrected chi connectivity index (χ0v) is 11.1. The second kappa shape index (κ2) is 5.83. The fourth-order valence-electron chi connectivity index (χ4n) is 1.30.